The van der Waals surface area contributed by atoms with E-state index in [2.05, 4.69) is 17.1 Å². The SMILES string of the molecule is CCN1CCCC1CNC(C)(C=O)n1c(C)c(C(N)=O)c(C)c1C=O. The summed E-state index contributed by atoms with van der Waals surface area (Å²) in [5, 5.41) is 3.31. The van der Waals surface area contributed by atoms with Crippen molar-refractivity contribution in [1.82, 2.24) is 14.8 Å². The first-order chi connectivity index (χ1) is 11.8. The van der Waals surface area contributed by atoms with Crippen molar-refractivity contribution in [3.63, 3.8) is 0 Å². The summed E-state index contributed by atoms with van der Waals surface area (Å²) < 4.78 is 1.59. The molecule has 1 aromatic rings. The van der Waals surface area contributed by atoms with Crippen molar-refractivity contribution in [2.75, 3.05) is 19.6 Å². The fourth-order valence-corrected chi connectivity index (χ4v) is 4.00. The quantitative estimate of drug-likeness (QED) is 0.682. The smallest absolute Gasteiger partial charge is 0.250 e. The number of nitrogens with zero attached hydrogens (tertiary/aromatic N) is 2. The van der Waals surface area contributed by atoms with Crippen molar-refractivity contribution in [2.24, 2.45) is 5.73 Å². The summed E-state index contributed by atoms with van der Waals surface area (Å²) in [5.41, 5.74) is 5.96. The summed E-state index contributed by atoms with van der Waals surface area (Å²) in [7, 11) is 0. The van der Waals surface area contributed by atoms with Crippen LogP contribution in [0.3, 0.4) is 0 Å². The Bertz CT molecular complexity index is 682. The fraction of sp³-hybridized carbons (Fsp3) is 0.611. The van der Waals surface area contributed by atoms with Crippen LogP contribution in [0.5, 0.6) is 0 Å². The Morgan fingerprint density at radius 2 is 2.08 bits per heavy atom. The van der Waals surface area contributed by atoms with Gasteiger partial charge in [-0.3, -0.25) is 24.6 Å². The molecular weight excluding hydrogens is 320 g/mol. The molecule has 0 bridgehead atoms. The van der Waals surface area contributed by atoms with E-state index in [1.807, 2.05) is 0 Å². The van der Waals surface area contributed by atoms with E-state index >= 15 is 0 Å². The van der Waals surface area contributed by atoms with Crippen LogP contribution in [0.2, 0.25) is 0 Å². The maximum atomic E-state index is 12.0. The number of rotatable bonds is 8. The van der Waals surface area contributed by atoms with Crippen molar-refractivity contribution >= 4 is 18.5 Å². The third-order valence-corrected chi connectivity index (χ3v) is 5.35. The molecule has 0 aliphatic carbocycles. The molecule has 2 heterocycles. The first kappa shape index (κ1) is 19.3. The van der Waals surface area contributed by atoms with Crippen molar-refractivity contribution < 1.29 is 14.4 Å². The summed E-state index contributed by atoms with van der Waals surface area (Å²) in [5.74, 6) is -0.599. The van der Waals surface area contributed by atoms with Gasteiger partial charge in [-0.05, 0) is 52.3 Å². The molecule has 138 valence electrons. The number of likely N-dealkylation sites (tertiary alicyclic amines) is 1. The van der Waals surface area contributed by atoms with Crippen molar-refractivity contribution in [3.05, 3.63) is 22.5 Å². The molecule has 3 N–H and O–H groups in total. The van der Waals surface area contributed by atoms with Gasteiger partial charge in [-0.15, -0.1) is 0 Å². The Morgan fingerprint density at radius 3 is 2.60 bits per heavy atom. The average molecular weight is 348 g/mol. The topological polar surface area (TPSA) is 97.4 Å². The first-order valence-corrected chi connectivity index (χ1v) is 8.73. The second kappa shape index (κ2) is 7.49. The van der Waals surface area contributed by atoms with Crippen molar-refractivity contribution in [3.8, 4) is 0 Å². The molecule has 0 radical (unpaired) electrons. The number of hydrogen-bond donors (Lipinski definition) is 2. The molecule has 1 aromatic heterocycles. The van der Waals surface area contributed by atoms with E-state index in [9.17, 15) is 14.4 Å². The summed E-state index contributed by atoms with van der Waals surface area (Å²) >= 11 is 0. The standard InChI is InChI=1S/C18H28N4O3/c1-5-21-8-6-7-14(21)9-20-18(4,11-24)22-13(3)16(17(19)25)12(2)15(22)10-23/h10-11,14,20H,5-9H2,1-4H3,(H2,19,25). The van der Waals surface area contributed by atoms with Gasteiger partial charge in [-0.1, -0.05) is 6.92 Å². The molecule has 0 aromatic carbocycles. The first-order valence-electron chi connectivity index (χ1n) is 8.73. The monoisotopic (exact) mass is 348 g/mol. The Labute approximate surface area is 148 Å². The number of carbonyl (C=O) groups excluding carboxylic acids is 3. The highest BCUT2D eigenvalue weighted by Crippen LogP contribution is 2.27. The zero-order valence-corrected chi connectivity index (χ0v) is 15.5. The number of hydrogen-bond acceptors (Lipinski definition) is 5. The molecule has 2 unspecified atom stereocenters. The third kappa shape index (κ3) is 3.39. The van der Waals surface area contributed by atoms with Crippen LogP contribution in [-0.2, 0) is 10.5 Å². The minimum atomic E-state index is -1.12. The zero-order chi connectivity index (χ0) is 18.8. The molecule has 1 aliphatic heterocycles. The summed E-state index contributed by atoms with van der Waals surface area (Å²) in [6.07, 6.45) is 3.67. The molecule has 2 atom stereocenters. The van der Waals surface area contributed by atoms with Gasteiger partial charge >= 0.3 is 0 Å². The molecule has 1 amide bonds. The second-order valence-corrected chi connectivity index (χ2v) is 6.86. The lowest BCUT2D eigenvalue weighted by Crippen LogP contribution is -2.52. The van der Waals surface area contributed by atoms with Crippen LogP contribution in [0, 0.1) is 13.8 Å². The predicted octanol–water partition coefficient (Wildman–Crippen LogP) is 0.962. The van der Waals surface area contributed by atoms with Gasteiger partial charge in [-0.2, -0.15) is 0 Å². The Morgan fingerprint density at radius 1 is 1.40 bits per heavy atom. The minimum absolute atomic E-state index is 0.298. The number of nitrogens with one attached hydrogen (secondary N) is 1. The van der Waals surface area contributed by atoms with E-state index < -0.39 is 11.6 Å². The number of nitrogens with two attached hydrogens (primary N) is 1. The van der Waals surface area contributed by atoms with Gasteiger partial charge in [0.25, 0.3) is 5.91 Å². The molecule has 7 nitrogen and oxygen atoms in total. The second-order valence-electron chi connectivity index (χ2n) is 6.86. The molecule has 2 rings (SSSR count). The average Bonchev–Trinajstić information content (AvgIpc) is 3.14. The number of likely N-dealkylation sites (N-methyl/N-ethyl adjacent to an activating group) is 1. The maximum Gasteiger partial charge on any atom is 0.250 e. The lowest BCUT2D eigenvalue weighted by atomic mass is 10.1. The molecule has 1 saturated heterocycles. The van der Waals surface area contributed by atoms with Crippen LogP contribution in [0.15, 0.2) is 0 Å². The minimum Gasteiger partial charge on any atom is -0.366 e. The molecular formula is C18H28N4O3. The zero-order valence-electron chi connectivity index (χ0n) is 15.5. The molecule has 0 saturated carbocycles. The van der Waals surface area contributed by atoms with E-state index in [0.29, 0.717) is 41.4 Å². The van der Waals surface area contributed by atoms with Gasteiger partial charge in [0.05, 0.1) is 11.3 Å². The third-order valence-electron chi connectivity index (χ3n) is 5.35. The molecule has 1 fully saturated rings. The molecule has 0 spiro atoms. The van der Waals surface area contributed by atoms with E-state index in [1.165, 1.54) is 0 Å². The largest absolute Gasteiger partial charge is 0.366 e. The molecule has 7 heteroatoms. The lowest BCUT2D eigenvalue weighted by molar-refractivity contribution is -0.116. The number of amides is 1. The number of aldehydes is 2. The van der Waals surface area contributed by atoms with Gasteiger partial charge < -0.3 is 10.3 Å². The highest BCUT2D eigenvalue weighted by molar-refractivity contribution is 5.98. The van der Waals surface area contributed by atoms with Gasteiger partial charge in [0.1, 0.15) is 5.66 Å². The van der Waals surface area contributed by atoms with Crippen LogP contribution in [-0.4, -0.2) is 53.6 Å². The van der Waals surface area contributed by atoms with Gasteiger partial charge in [0.15, 0.2) is 12.6 Å². The van der Waals surface area contributed by atoms with Gasteiger partial charge in [0, 0.05) is 18.3 Å². The Hall–Kier alpha value is -1.99. The predicted molar refractivity (Wildman–Crippen MR) is 95.8 cm³/mol. The van der Waals surface area contributed by atoms with Crippen LogP contribution < -0.4 is 11.1 Å². The summed E-state index contributed by atoms with van der Waals surface area (Å²) in [4.78, 5) is 37.7. The fourth-order valence-electron chi connectivity index (χ4n) is 4.00. The lowest BCUT2D eigenvalue weighted by Gasteiger charge is -2.33. The number of aromatic nitrogens is 1. The van der Waals surface area contributed by atoms with Crippen molar-refractivity contribution in [1.29, 1.82) is 0 Å². The van der Waals surface area contributed by atoms with Crippen molar-refractivity contribution in [2.45, 2.75) is 52.2 Å². The van der Waals surface area contributed by atoms with Crippen LogP contribution in [0.1, 0.15) is 58.8 Å². The van der Waals surface area contributed by atoms with Gasteiger partial charge in [-0.25, -0.2) is 0 Å². The summed E-state index contributed by atoms with van der Waals surface area (Å²) in [6.45, 7) is 9.89. The molecule has 1 aliphatic rings. The molecule has 25 heavy (non-hydrogen) atoms. The van der Waals surface area contributed by atoms with E-state index in [-0.39, 0.29) is 0 Å². The van der Waals surface area contributed by atoms with Gasteiger partial charge in [0.2, 0.25) is 0 Å². The van der Waals surface area contributed by atoms with Crippen LogP contribution in [0.25, 0.3) is 0 Å². The van der Waals surface area contributed by atoms with E-state index in [1.54, 1.807) is 25.3 Å². The number of primary amides is 1. The van der Waals surface area contributed by atoms with Crippen LogP contribution in [0.4, 0.5) is 0 Å². The number of carbonyl (C=O) groups is 3. The van der Waals surface area contributed by atoms with E-state index in [0.717, 1.165) is 32.2 Å². The highest BCUT2D eigenvalue weighted by atomic mass is 16.1. The van der Waals surface area contributed by atoms with E-state index in [4.69, 9.17) is 5.73 Å². The Balaban J connectivity index is 2.39. The highest BCUT2D eigenvalue weighted by Gasteiger charge is 2.34. The maximum absolute atomic E-state index is 12.0. The summed E-state index contributed by atoms with van der Waals surface area (Å²) in [6, 6.07) is 0.358. The normalized spacial score (nSPS) is 20.4. The Kier molecular flexibility index (Phi) is 5.80. The van der Waals surface area contributed by atoms with Crippen LogP contribution >= 0.6 is 0 Å².